The number of unbranched alkanes of at least 4 members (excludes halogenated alkanes) is 2. The molecule has 3 rings (SSSR count). The summed E-state index contributed by atoms with van der Waals surface area (Å²) in [4.78, 5) is 0. The summed E-state index contributed by atoms with van der Waals surface area (Å²) in [5.74, 6) is 1.40. The summed E-state index contributed by atoms with van der Waals surface area (Å²) in [6.07, 6.45) is 10.5. The summed E-state index contributed by atoms with van der Waals surface area (Å²) in [7, 11) is 1.64. The summed E-state index contributed by atoms with van der Waals surface area (Å²) in [5, 5.41) is 0. The van der Waals surface area contributed by atoms with E-state index in [1.807, 2.05) is 6.07 Å². The van der Waals surface area contributed by atoms with E-state index in [9.17, 15) is 4.39 Å². The number of methoxy groups -OCH3 is 1. The predicted molar refractivity (Wildman–Crippen MR) is 111 cm³/mol. The van der Waals surface area contributed by atoms with Crippen LogP contribution in [0, 0.1) is 11.7 Å². The first-order valence-electron chi connectivity index (χ1n) is 10.6. The third-order valence-corrected chi connectivity index (χ3v) is 6.20. The maximum absolute atomic E-state index is 14.2. The zero-order valence-corrected chi connectivity index (χ0v) is 16.8. The molecule has 0 spiro atoms. The van der Waals surface area contributed by atoms with Gasteiger partial charge in [0.25, 0.3) is 0 Å². The third-order valence-electron chi connectivity index (χ3n) is 6.20. The molecule has 0 aliphatic heterocycles. The van der Waals surface area contributed by atoms with E-state index < -0.39 is 0 Å². The van der Waals surface area contributed by atoms with Crippen molar-refractivity contribution in [2.24, 2.45) is 5.92 Å². The Morgan fingerprint density at radius 1 is 0.963 bits per heavy atom. The van der Waals surface area contributed by atoms with Crippen molar-refractivity contribution in [3.05, 3.63) is 71.0 Å². The zero-order chi connectivity index (χ0) is 19.1. The predicted octanol–water partition coefficient (Wildman–Crippen LogP) is 7.42. The lowest BCUT2D eigenvalue weighted by atomic mass is 9.77. The molecule has 0 bridgehead atoms. The molecule has 0 N–H and O–H groups in total. The van der Waals surface area contributed by atoms with Crippen LogP contribution in [-0.2, 0) is 4.74 Å². The van der Waals surface area contributed by atoms with Crippen LogP contribution in [0.4, 0.5) is 4.39 Å². The Hall–Kier alpha value is -1.67. The van der Waals surface area contributed by atoms with E-state index in [1.165, 1.54) is 63.0 Å². The SMILES string of the molecule is CCCCC[C@H]1CC[C@H](c2ccc(C(OC)c3ccccc3F)cc2)CC1. The van der Waals surface area contributed by atoms with E-state index in [-0.39, 0.29) is 11.9 Å². The molecule has 1 unspecified atom stereocenters. The molecule has 1 nitrogen and oxygen atoms in total. The van der Waals surface area contributed by atoms with E-state index >= 15 is 0 Å². The van der Waals surface area contributed by atoms with Crippen molar-refractivity contribution in [1.82, 2.24) is 0 Å². The molecule has 0 aromatic heterocycles. The Morgan fingerprint density at radius 3 is 2.30 bits per heavy atom. The largest absolute Gasteiger partial charge is 0.372 e. The van der Waals surface area contributed by atoms with Crippen LogP contribution in [0.5, 0.6) is 0 Å². The first-order valence-corrected chi connectivity index (χ1v) is 10.6. The van der Waals surface area contributed by atoms with Crippen molar-refractivity contribution in [2.75, 3.05) is 7.11 Å². The van der Waals surface area contributed by atoms with Gasteiger partial charge in [-0.1, -0.05) is 75.1 Å². The summed E-state index contributed by atoms with van der Waals surface area (Å²) in [6.45, 7) is 2.28. The van der Waals surface area contributed by atoms with Crippen molar-refractivity contribution in [2.45, 2.75) is 70.3 Å². The van der Waals surface area contributed by atoms with Crippen LogP contribution in [0.25, 0.3) is 0 Å². The Morgan fingerprint density at radius 2 is 1.67 bits per heavy atom. The topological polar surface area (TPSA) is 9.23 Å². The first-order chi connectivity index (χ1) is 13.2. The molecule has 0 amide bonds. The molecule has 2 heteroatoms. The number of benzene rings is 2. The van der Waals surface area contributed by atoms with Crippen molar-refractivity contribution >= 4 is 0 Å². The molecular formula is C25H33FO. The van der Waals surface area contributed by atoms with E-state index in [1.54, 1.807) is 19.2 Å². The van der Waals surface area contributed by atoms with Crippen molar-refractivity contribution in [1.29, 1.82) is 0 Å². The molecular weight excluding hydrogens is 335 g/mol. The summed E-state index contributed by atoms with van der Waals surface area (Å²) in [6, 6.07) is 15.6. The maximum Gasteiger partial charge on any atom is 0.129 e. The van der Waals surface area contributed by atoms with E-state index in [0.29, 0.717) is 11.5 Å². The van der Waals surface area contributed by atoms with Crippen LogP contribution in [0.2, 0.25) is 0 Å². The highest BCUT2D eigenvalue weighted by molar-refractivity contribution is 5.34. The molecule has 0 radical (unpaired) electrons. The second-order valence-corrected chi connectivity index (χ2v) is 8.02. The summed E-state index contributed by atoms with van der Waals surface area (Å²) >= 11 is 0. The average molecular weight is 369 g/mol. The van der Waals surface area contributed by atoms with Crippen molar-refractivity contribution in [3.63, 3.8) is 0 Å². The number of hydrogen-bond acceptors (Lipinski definition) is 1. The molecule has 2 aromatic rings. The highest BCUT2D eigenvalue weighted by Crippen LogP contribution is 2.38. The van der Waals surface area contributed by atoms with Crippen LogP contribution in [0.1, 0.15) is 87.0 Å². The Bertz CT molecular complexity index is 686. The van der Waals surface area contributed by atoms with Gasteiger partial charge in [-0.2, -0.15) is 0 Å². The second-order valence-electron chi connectivity index (χ2n) is 8.02. The fourth-order valence-corrected chi connectivity index (χ4v) is 4.54. The van der Waals surface area contributed by atoms with Gasteiger partial charge in [-0.3, -0.25) is 0 Å². The van der Waals surface area contributed by atoms with Gasteiger partial charge < -0.3 is 4.74 Å². The average Bonchev–Trinajstić information content (AvgIpc) is 2.71. The lowest BCUT2D eigenvalue weighted by molar-refractivity contribution is 0.133. The Balaban J connectivity index is 1.61. The minimum atomic E-state index is -0.352. The molecule has 2 aromatic carbocycles. The fourth-order valence-electron chi connectivity index (χ4n) is 4.54. The van der Waals surface area contributed by atoms with Crippen LogP contribution in [-0.4, -0.2) is 7.11 Å². The molecule has 1 aliphatic rings. The minimum absolute atomic E-state index is 0.213. The Labute approximate surface area is 164 Å². The lowest BCUT2D eigenvalue weighted by Gasteiger charge is -2.29. The van der Waals surface area contributed by atoms with E-state index in [2.05, 4.69) is 31.2 Å². The molecule has 1 saturated carbocycles. The Kier molecular flexibility index (Phi) is 7.46. The number of halogens is 1. The smallest absolute Gasteiger partial charge is 0.129 e. The second kappa shape index (κ2) is 10.0. The van der Waals surface area contributed by atoms with Gasteiger partial charge >= 0.3 is 0 Å². The van der Waals surface area contributed by atoms with Crippen LogP contribution < -0.4 is 0 Å². The molecule has 27 heavy (non-hydrogen) atoms. The first kappa shape index (κ1) is 20.1. The normalized spacial score (nSPS) is 21.1. The quantitative estimate of drug-likeness (QED) is 0.441. The van der Waals surface area contributed by atoms with Gasteiger partial charge in [0.2, 0.25) is 0 Å². The molecule has 146 valence electrons. The van der Waals surface area contributed by atoms with E-state index in [4.69, 9.17) is 4.74 Å². The maximum atomic E-state index is 14.2. The van der Waals surface area contributed by atoms with Gasteiger partial charge in [0.15, 0.2) is 0 Å². The number of rotatable bonds is 8. The highest BCUT2D eigenvalue weighted by atomic mass is 19.1. The zero-order valence-electron chi connectivity index (χ0n) is 16.8. The monoisotopic (exact) mass is 368 g/mol. The van der Waals surface area contributed by atoms with Gasteiger partial charge in [0.1, 0.15) is 11.9 Å². The summed E-state index contributed by atoms with van der Waals surface area (Å²) in [5.41, 5.74) is 3.04. The standard InChI is InChI=1S/C25H33FO/c1-3-4-5-8-19-11-13-20(14-12-19)21-15-17-22(18-16-21)25(27-2)23-9-6-7-10-24(23)26/h6-7,9-10,15-20,25H,3-5,8,11-14H2,1-2H3/t19-,20-,25?. The van der Waals surface area contributed by atoms with Crippen molar-refractivity contribution < 1.29 is 9.13 Å². The molecule has 1 fully saturated rings. The van der Waals surface area contributed by atoms with Gasteiger partial charge in [-0.15, -0.1) is 0 Å². The van der Waals surface area contributed by atoms with Gasteiger partial charge in [-0.25, -0.2) is 4.39 Å². The van der Waals surface area contributed by atoms with Gasteiger partial charge in [-0.05, 0) is 54.7 Å². The third kappa shape index (κ3) is 5.19. The fraction of sp³-hybridized carbons (Fsp3) is 0.520. The van der Waals surface area contributed by atoms with Crippen LogP contribution in [0.15, 0.2) is 48.5 Å². The molecule has 1 atom stereocenters. The van der Waals surface area contributed by atoms with Crippen LogP contribution >= 0.6 is 0 Å². The van der Waals surface area contributed by atoms with Gasteiger partial charge in [0, 0.05) is 12.7 Å². The van der Waals surface area contributed by atoms with Crippen LogP contribution in [0.3, 0.4) is 0 Å². The minimum Gasteiger partial charge on any atom is -0.372 e. The van der Waals surface area contributed by atoms with Gasteiger partial charge in [0.05, 0.1) is 0 Å². The van der Waals surface area contributed by atoms with Crippen molar-refractivity contribution in [3.8, 4) is 0 Å². The highest BCUT2D eigenvalue weighted by Gasteiger charge is 2.23. The molecule has 0 saturated heterocycles. The van der Waals surface area contributed by atoms with E-state index in [0.717, 1.165) is 11.5 Å². The number of ether oxygens (including phenoxy) is 1. The summed E-state index contributed by atoms with van der Waals surface area (Å²) < 4.78 is 19.8. The molecule has 1 aliphatic carbocycles. The number of hydrogen-bond donors (Lipinski definition) is 0. The molecule has 0 heterocycles. The lowest BCUT2D eigenvalue weighted by Crippen LogP contribution is -2.13.